The summed E-state index contributed by atoms with van der Waals surface area (Å²) in [5, 5.41) is 12.1. The van der Waals surface area contributed by atoms with Gasteiger partial charge in [-0.1, -0.05) is 24.3 Å². The number of hydrogen-bond donors (Lipinski definition) is 0. The Kier molecular flexibility index (Phi) is 12.7. The van der Waals surface area contributed by atoms with Gasteiger partial charge in [0.15, 0.2) is 11.9 Å². The number of rotatable bonds is 14. The van der Waals surface area contributed by atoms with Crippen molar-refractivity contribution in [1.82, 2.24) is 14.8 Å². The fourth-order valence-electron chi connectivity index (χ4n) is 4.81. The Balaban J connectivity index is 1.47. The highest BCUT2D eigenvalue weighted by Gasteiger charge is 2.46. The Bertz CT molecular complexity index is 1620. The van der Waals surface area contributed by atoms with Crippen LogP contribution >= 0.6 is 11.8 Å². The summed E-state index contributed by atoms with van der Waals surface area (Å²) in [6.07, 6.45) is 8.55. The summed E-state index contributed by atoms with van der Waals surface area (Å²) >= 11 is 1.34. The number of carbonyl (C=O) groups excluding carboxylic acids is 2. The molecule has 0 bridgehead atoms. The molecule has 2 heterocycles. The van der Waals surface area contributed by atoms with Crippen molar-refractivity contribution >= 4 is 29.8 Å². The van der Waals surface area contributed by atoms with E-state index in [4.69, 9.17) is 24.2 Å². The van der Waals surface area contributed by atoms with E-state index in [1.54, 1.807) is 31.2 Å². The molecule has 0 N–H and O–H groups in total. The van der Waals surface area contributed by atoms with Gasteiger partial charge in [-0.2, -0.15) is 10.4 Å². The topological polar surface area (TPSA) is 126 Å². The zero-order chi connectivity index (χ0) is 33.8. The molecule has 47 heavy (non-hydrogen) atoms. The molecule has 4 rings (SSSR count). The Morgan fingerprint density at radius 3 is 2.62 bits per heavy atom. The van der Waals surface area contributed by atoms with Gasteiger partial charge in [0.05, 0.1) is 43.2 Å². The minimum atomic E-state index is -1.67. The van der Waals surface area contributed by atoms with Crippen LogP contribution in [0.15, 0.2) is 67.3 Å². The molecular formula is C33H33F3N4O6S. The van der Waals surface area contributed by atoms with Crippen molar-refractivity contribution in [3.63, 3.8) is 0 Å². The molecular weight excluding hydrogens is 637 g/mol. The molecule has 0 saturated carbocycles. The van der Waals surface area contributed by atoms with Crippen molar-refractivity contribution in [2.75, 3.05) is 19.8 Å². The van der Waals surface area contributed by atoms with Crippen molar-refractivity contribution in [2.24, 2.45) is 0 Å². The fourth-order valence-corrected chi connectivity index (χ4v) is 6.17. The third kappa shape index (κ3) is 10.0. The Labute approximate surface area is 274 Å². The number of ether oxygens (including phenoxy) is 4. The molecule has 2 aromatic carbocycles. The molecule has 1 aliphatic rings. The van der Waals surface area contributed by atoms with E-state index in [2.05, 4.69) is 10.1 Å². The molecule has 1 saturated heterocycles. The van der Waals surface area contributed by atoms with Crippen LogP contribution in [0, 0.1) is 28.8 Å². The highest BCUT2D eigenvalue weighted by Crippen LogP contribution is 2.42. The quantitative estimate of drug-likeness (QED) is 0.124. The number of nitrogens with zero attached hydrogens (tertiary/aromatic N) is 4. The first-order valence-electron chi connectivity index (χ1n) is 14.7. The van der Waals surface area contributed by atoms with E-state index in [0.29, 0.717) is 5.56 Å². The number of allylic oxidation sites excluding steroid dienone is 2. The van der Waals surface area contributed by atoms with Gasteiger partial charge in [-0.25, -0.2) is 22.8 Å². The minimum absolute atomic E-state index is 0.00417. The Morgan fingerprint density at radius 2 is 1.96 bits per heavy atom. The van der Waals surface area contributed by atoms with Gasteiger partial charge in [0.1, 0.15) is 30.1 Å². The number of nitriles is 1. The molecule has 0 amide bonds. The minimum Gasteiger partial charge on any atom is -0.466 e. The van der Waals surface area contributed by atoms with Crippen LogP contribution in [0.1, 0.15) is 43.4 Å². The molecule has 248 valence electrons. The van der Waals surface area contributed by atoms with Crippen LogP contribution in [0.25, 0.3) is 6.08 Å². The van der Waals surface area contributed by atoms with Gasteiger partial charge in [-0.3, -0.25) is 9.59 Å². The van der Waals surface area contributed by atoms with Crippen LogP contribution < -0.4 is 0 Å². The summed E-state index contributed by atoms with van der Waals surface area (Å²) in [5.41, 5.74) is -1.17. The summed E-state index contributed by atoms with van der Waals surface area (Å²) < 4.78 is 67.7. The van der Waals surface area contributed by atoms with Gasteiger partial charge in [0.25, 0.3) is 0 Å². The summed E-state index contributed by atoms with van der Waals surface area (Å²) in [4.78, 5) is 28.2. The second-order valence-corrected chi connectivity index (χ2v) is 12.2. The molecule has 2 atom stereocenters. The van der Waals surface area contributed by atoms with Crippen molar-refractivity contribution in [3.8, 4) is 6.07 Å². The lowest BCUT2D eigenvalue weighted by Gasteiger charge is -2.40. The highest BCUT2D eigenvalue weighted by atomic mass is 32.2. The number of halogens is 3. The van der Waals surface area contributed by atoms with E-state index in [-0.39, 0.29) is 55.6 Å². The third-order valence-corrected chi connectivity index (χ3v) is 8.55. The average molecular weight is 671 g/mol. The van der Waals surface area contributed by atoms with E-state index in [0.717, 1.165) is 18.2 Å². The fraction of sp³-hybridized carbons (Fsp3) is 0.364. The normalized spacial score (nSPS) is 18.5. The van der Waals surface area contributed by atoms with E-state index >= 15 is 4.39 Å². The maximum atomic E-state index is 15.5. The summed E-state index contributed by atoms with van der Waals surface area (Å²) in [6.45, 7) is 3.36. The zero-order valence-electron chi connectivity index (χ0n) is 25.7. The molecule has 1 fully saturated rings. The summed E-state index contributed by atoms with van der Waals surface area (Å²) in [7, 11) is 0. The molecule has 1 aliphatic heterocycles. The first-order valence-corrected chi connectivity index (χ1v) is 15.6. The number of esters is 2. The van der Waals surface area contributed by atoms with Crippen LogP contribution in [-0.2, 0) is 40.7 Å². The standard InChI is InChI=1S/C33H33F3N4O6S/c1-22(47-27-17-44-32(45-18-27)8-4-3-6-25-10-9-24(16-37)14-29(25)35)33(19-40-21-38-20-39-40,28-12-11-26(34)15-30(28)36)46-31(42)7-5-13-43-23(2)41/h3-4,6,8-12,14-15,20-22,27,32H,5,7,13,17-19H2,1-2H3/t22-,27-,32-,33-/m1/s1. The monoisotopic (exact) mass is 670 g/mol. The highest BCUT2D eigenvalue weighted by molar-refractivity contribution is 8.00. The lowest BCUT2D eigenvalue weighted by atomic mass is 9.89. The first kappa shape index (κ1) is 35.4. The molecule has 10 nitrogen and oxygen atoms in total. The van der Waals surface area contributed by atoms with Crippen molar-refractivity contribution < 1.29 is 41.7 Å². The number of benzene rings is 2. The average Bonchev–Trinajstić information content (AvgIpc) is 3.55. The van der Waals surface area contributed by atoms with Crippen molar-refractivity contribution in [3.05, 3.63) is 101 Å². The molecule has 0 radical (unpaired) electrons. The van der Waals surface area contributed by atoms with Crippen LogP contribution in [0.2, 0.25) is 0 Å². The molecule has 14 heteroatoms. The summed E-state index contributed by atoms with van der Waals surface area (Å²) in [6, 6.07) is 9.15. The van der Waals surface area contributed by atoms with Gasteiger partial charge in [-0.05, 0) is 43.7 Å². The van der Waals surface area contributed by atoms with Crippen LogP contribution in [-0.4, -0.2) is 63.3 Å². The number of aromatic nitrogens is 3. The van der Waals surface area contributed by atoms with Crippen LogP contribution in [0.3, 0.4) is 0 Å². The van der Waals surface area contributed by atoms with E-state index in [1.807, 2.05) is 6.07 Å². The zero-order valence-corrected chi connectivity index (χ0v) is 26.5. The first-order chi connectivity index (χ1) is 22.6. The van der Waals surface area contributed by atoms with Crippen molar-refractivity contribution in [2.45, 2.75) is 55.6 Å². The van der Waals surface area contributed by atoms with Gasteiger partial charge < -0.3 is 18.9 Å². The van der Waals surface area contributed by atoms with Gasteiger partial charge in [0.2, 0.25) is 0 Å². The second-order valence-electron chi connectivity index (χ2n) is 10.6. The third-order valence-electron chi connectivity index (χ3n) is 7.11. The number of hydrogen-bond acceptors (Lipinski definition) is 10. The number of carbonyl (C=O) groups is 2. The Morgan fingerprint density at radius 1 is 1.17 bits per heavy atom. The molecule has 0 unspecified atom stereocenters. The maximum absolute atomic E-state index is 15.5. The smallest absolute Gasteiger partial charge is 0.306 e. The van der Waals surface area contributed by atoms with Crippen LogP contribution in [0.5, 0.6) is 0 Å². The van der Waals surface area contributed by atoms with E-state index in [1.165, 1.54) is 54.2 Å². The Hall–Kier alpha value is -4.45. The number of thioether (sulfide) groups is 1. The predicted molar refractivity (Wildman–Crippen MR) is 166 cm³/mol. The maximum Gasteiger partial charge on any atom is 0.306 e. The summed E-state index contributed by atoms with van der Waals surface area (Å²) in [5.74, 6) is -3.37. The van der Waals surface area contributed by atoms with Gasteiger partial charge in [-0.15, -0.1) is 11.8 Å². The van der Waals surface area contributed by atoms with Crippen LogP contribution in [0.4, 0.5) is 13.2 Å². The van der Waals surface area contributed by atoms with Gasteiger partial charge in [0, 0.05) is 35.8 Å². The van der Waals surface area contributed by atoms with Gasteiger partial charge >= 0.3 is 11.9 Å². The second kappa shape index (κ2) is 16.9. The van der Waals surface area contributed by atoms with Crippen molar-refractivity contribution in [1.29, 1.82) is 5.26 Å². The molecule has 3 aromatic rings. The van der Waals surface area contributed by atoms with E-state index < -0.39 is 46.5 Å². The lowest BCUT2D eigenvalue weighted by molar-refractivity contribution is -0.164. The largest absolute Gasteiger partial charge is 0.466 e. The molecule has 0 aliphatic carbocycles. The predicted octanol–water partition coefficient (Wildman–Crippen LogP) is 5.48. The lowest BCUT2D eigenvalue weighted by Crippen LogP contribution is -2.47. The SMILES string of the molecule is CC(=O)OCCCC(=O)O[C@@](Cn1cncn1)(c1ccc(F)cc1F)[C@@H](C)S[C@H]1CO[C@H](C=CC=Cc2ccc(C#N)cc2F)OC1. The van der Waals surface area contributed by atoms with E-state index in [9.17, 15) is 18.4 Å². The molecule has 1 aromatic heterocycles. The molecule has 0 spiro atoms.